The van der Waals surface area contributed by atoms with Crippen LogP contribution in [0.1, 0.15) is 32.0 Å². The second kappa shape index (κ2) is 4.61. The van der Waals surface area contributed by atoms with Crippen molar-refractivity contribution in [2.24, 2.45) is 0 Å². The molecule has 1 aromatic rings. The number of nitrogens with zero attached hydrogens (tertiary/aromatic N) is 4. The Kier molecular flexibility index (Phi) is 3.11. The number of anilines is 2. The maximum Gasteiger partial charge on any atom is 0.252 e. The van der Waals surface area contributed by atoms with Gasteiger partial charge in [0.1, 0.15) is 17.6 Å². The minimum atomic E-state index is -2.63. The Balaban J connectivity index is 2.05. The summed E-state index contributed by atoms with van der Waals surface area (Å²) < 4.78 is 26.5. The van der Waals surface area contributed by atoms with Crippen LogP contribution in [0.25, 0.3) is 0 Å². The second-order valence-electron chi connectivity index (χ2n) is 5.77. The zero-order valence-corrected chi connectivity index (χ0v) is 12.3. The van der Waals surface area contributed by atoms with Gasteiger partial charge in [0.15, 0.2) is 5.82 Å². The van der Waals surface area contributed by atoms with Gasteiger partial charge in [0.25, 0.3) is 5.92 Å². The minimum absolute atomic E-state index is 0.0901. The topological polar surface area (TPSA) is 49.3 Å². The van der Waals surface area contributed by atoms with Crippen LogP contribution in [0, 0.1) is 6.92 Å². The van der Waals surface area contributed by atoms with E-state index in [1.807, 2.05) is 6.92 Å². The smallest absolute Gasteiger partial charge is 0.252 e. The molecule has 1 aliphatic carbocycles. The fourth-order valence-corrected chi connectivity index (χ4v) is 3.11. The van der Waals surface area contributed by atoms with Gasteiger partial charge in [0, 0.05) is 25.9 Å². The molecule has 114 valence electrons. The molecule has 0 bridgehead atoms. The molecule has 1 fully saturated rings. The van der Waals surface area contributed by atoms with Crippen molar-refractivity contribution >= 4 is 17.4 Å². The predicted molar refractivity (Wildman–Crippen MR) is 74.7 cm³/mol. The van der Waals surface area contributed by atoms with Crippen molar-refractivity contribution in [3.05, 3.63) is 12.0 Å². The lowest BCUT2D eigenvalue weighted by Gasteiger charge is -2.49. The number of alkyl halides is 2. The van der Waals surface area contributed by atoms with Crippen molar-refractivity contribution in [3.8, 4) is 0 Å². The molecule has 3 rings (SSSR count). The van der Waals surface area contributed by atoms with Gasteiger partial charge < -0.3 is 9.80 Å². The first-order valence-electron chi connectivity index (χ1n) is 7.11. The Bertz CT molecular complexity index is 584. The monoisotopic (exact) mass is 296 g/mol. The standard InChI is InChI=1S/C14H18F2N4O/c1-4-10-13(21)19(3)11-7-17-8(2)18-12(11)20(10)9-5-14(15,16)6-9/h7,9-10H,4-6H2,1-3H3. The molecule has 1 saturated carbocycles. The van der Waals surface area contributed by atoms with Crippen LogP contribution in [0.15, 0.2) is 6.20 Å². The van der Waals surface area contributed by atoms with E-state index < -0.39 is 12.0 Å². The molecule has 0 radical (unpaired) electrons. The molecular weight excluding hydrogens is 278 g/mol. The number of halogens is 2. The van der Waals surface area contributed by atoms with Gasteiger partial charge in [0.2, 0.25) is 5.91 Å². The third-order valence-electron chi connectivity index (χ3n) is 4.28. The largest absolute Gasteiger partial charge is 0.339 e. The van der Waals surface area contributed by atoms with Crippen molar-refractivity contribution in [3.63, 3.8) is 0 Å². The van der Waals surface area contributed by atoms with Crippen LogP contribution in [-0.4, -0.2) is 40.9 Å². The summed E-state index contributed by atoms with van der Waals surface area (Å²) in [6.07, 6.45) is 1.71. The van der Waals surface area contributed by atoms with Crippen molar-refractivity contribution in [2.75, 3.05) is 16.8 Å². The summed E-state index contributed by atoms with van der Waals surface area (Å²) in [7, 11) is 1.68. The SMILES string of the molecule is CCC1C(=O)N(C)c2cnc(C)nc2N1C1CC(F)(F)C1. The molecule has 0 saturated heterocycles. The fraction of sp³-hybridized carbons (Fsp3) is 0.643. The molecule has 1 aromatic heterocycles. The summed E-state index contributed by atoms with van der Waals surface area (Å²) in [4.78, 5) is 24.3. The number of carbonyl (C=O) groups excluding carboxylic acids is 1. The number of carbonyl (C=O) groups is 1. The Morgan fingerprint density at radius 3 is 2.67 bits per heavy atom. The van der Waals surface area contributed by atoms with E-state index in [1.54, 1.807) is 25.1 Å². The summed E-state index contributed by atoms with van der Waals surface area (Å²) in [5.41, 5.74) is 0.588. The number of fused-ring (bicyclic) bond motifs is 1. The van der Waals surface area contributed by atoms with Crippen LogP contribution >= 0.6 is 0 Å². The Hall–Kier alpha value is -1.79. The predicted octanol–water partition coefficient (Wildman–Crippen LogP) is 2.14. The molecule has 1 amide bonds. The molecule has 2 heterocycles. The van der Waals surface area contributed by atoms with Gasteiger partial charge in [-0.1, -0.05) is 6.92 Å². The van der Waals surface area contributed by atoms with Crippen molar-refractivity contribution in [1.29, 1.82) is 0 Å². The van der Waals surface area contributed by atoms with Crippen LogP contribution in [0.4, 0.5) is 20.3 Å². The van der Waals surface area contributed by atoms with Crippen LogP contribution in [-0.2, 0) is 4.79 Å². The average molecular weight is 296 g/mol. The Labute approximate surface area is 122 Å². The summed E-state index contributed by atoms with van der Waals surface area (Å²) >= 11 is 0. The molecule has 0 aromatic carbocycles. The highest BCUT2D eigenvalue weighted by Crippen LogP contribution is 2.46. The number of likely N-dealkylation sites (N-methyl/N-ethyl adjacent to an activating group) is 1. The second-order valence-corrected chi connectivity index (χ2v) is 5.77. The Morgan fingerprint density at radius 2 is 2.10 bits per heavy atom. The van der Waals surface area contributed by atoms with Gasteiger partial charge in [-0.2, -0.15) is 0 Å². The lowest BCUT2D eigenvalue weighted by atomic mass is 9.85. The van der Waals surface area contributed by atoms with Gasteiger partial charge >= 0.3 is 0 Å². The van der Waals surface area contributed by atoms with E-state index in [0.717, 1.165) is 0 Å². The van der Waals surface area contributed by atoms with Crippen LogP contribution < -0.4 is 9.80 Å². The normalized spacial score (nSPS) is 24.8. The number of amides is 1. The highest BCUT2D eigenvalue weighted by Gasteiger charge is 2.52. The maximum atomic E-state index is 13.2. The van der Waals surface area contributed by atoms with E-state index in [-0.39, 0.29) is 24.8 Å². The molecule has 2 aliphatic rings. The average Bonchev–Trinajstić information content (AvgIpc) is 2.39. The summed E-state index contributed by atoms with van der Waals surface area (Å²) in [6.45, 7) is 3.64. The number of aryl methyl sites for hydroxylation is 1. The van der Waals surface area contributed by atoms with Crippen LogP contribution in [0.3, 0.4) is 0 Å². The number of hydrogen-bond donors (Lipinski definition) is 0. The maximum absolute atomic E-state index is 13.2. The lowest BCUT2D eigenvalue weighted by Crippen LogP contribution is -2.61. The molecular formula is C14H18F2N4O. The van der Waals surface area contributed by atoms with Gasteiger partial charge in [-0.05, 0) is 13.3 Å². The summed E-state index contributed by atoms with van der Waals surface area (Å²) in [5, 5.41) is 0. The molecule has 1 atom stereocenters. The van der Waals surface area contributed by atoms with Gasteiger partial charge in [-0.3, -0.25) is 4.79 Å². The first kappa shape index (κ1) is 14.2. The van der Waals surface area contributed by atoms with E-state index in [4.69, 9.17) is 0 Å². The van der Waals surface area contributed by atoms with Gasteiger partial charge in [-0.25, -0.2) is 18.7 Å². The van der Waals surface area contributed by atoms with Crippen LogP contribution in [0.5, 0.6) is 0 Å². The molecule has 1 aliphatic heterocycles. The lowest BCUT2D eigenvalue weighted by molar-refractivity contribution is -0.122. The molecule has 0 N–H and O–H groups in total. The van der Waals surface area contributed by atoms with Crippen LogP contribution in [0.2, 0.25) is 0 Å². The molecule has 1 unspecified atom stereocenters. The third-order valence-corrected chi connectivity index (χ3v) is 4.28. The highest BCUT2D eigenvalue weighted by atomic mass is 19.3. The number of hydrogen-bond acceptors (Lipinski definition) is 4. The fourth-order valence-electron chi connectivity index (χ4n) is 3.11. The van der Waals surface area contributed by atoms with Gasteiger partial charge in [0.05, 0.1) is 6.20 Å². The quantitative estimate of drug-likeness (QED) is 0.839. The highest BCUT2D eigenvalue weighted by molar-refractivity contribution is 6.04. The third kappa shape index (κ3) is 2.15. The van der Waals surface area contributed by atoms with E-state index in [1.165, 1.54) is 4.90 Å². The zero-order chi connectivity index (χ0) is 15.4. The van der Waals surface area contributed by atoms with E-state index in [9.17, 15) is 13.6 Å². The first-order valence-corrected chi connectivity index (χ1v) is 7.11. The van der Waals surface area contributed by atoms with E-state index in [2.05, 4.69) is 9.97 Å². The van der Waals surface area contributed by atoms with E-state index >= 15 is 0 Å². The van der Waals surface area contributed by atoms with Crippen molar-refractivity contribution in [1.82, 2.24) is 9.97 Å². The summed E-state index contributed by atoms with van der Waals surface area (Å²) in [5.74, 6) is -1.55. The number of rotatable bonds is 2. The van der Waals surface area contributed by atoms with E-state index in [0.29, 0.717) is 23.8 Å². The molecule has 0 spiro atoms. The molecule has 21 heavy (non-hydrogen) atoms. The van der Waals surface area contributed by atoms with Gasteiger partial charge in [-0.15, -0.1) is 0 Å². The zero-order valence-electron chi connectivity index (χ0n) is 12.3. The minimum Gasteiger partial charge on any atom is -0.339 e. The molecule has 5 nitrogen and oxygen atoms in total. The number of aromatic nitrogens is 2. The summed E-state index contributed by atoms with van der Waals surface area (Å²) in [6, 6.07) is -0.770. The first-order chi connectivity index (χ1) is 9.84. The molecule has 7 heteroatoms. The van der Waals surface area contributed by atoms with Crippen molar-refractivity contribution < 1.29 is 13.6 Å². The Morgan fingerprint density at radius 1 is 1.43 bits per heavy atom. The van der Waals surface area contributed by atoms with Crippen molar-refractivity contribution in [2.45, 2.75) is 51.1 Å².